The Morgan fingerprint density at radius 1 is 1.06 bits per heavy atom. The fraction of sp³-hybridized carbons (Fsp3) is 0.391. The van der Waals surface area contributed by atoms with Crippen molar-refractivity contribution in [3.05, 3.63) is 64.4 Å². The van der Waals surface area contributed by atoms with Crippen molar-refractivity contribution >= 4 is 43.5 Å². The van der Waals surface area contributed by atoms with Crippen molar-refractivity contribution in [3.8, 4) is 0 Å². The molecule has 0 aliphatic heterocycles. The molecule has 0 aromatic heterocycles. The Kier molecular flexibility index (Phi) is 9.42. The minimum absolute atomic E-state index is 0.185. The molecule has 0 saturated heterocycles. The van der Waals surface area contributed by atoms with Crippen LogP contribution in [-0.2, 0) is 26.2 Å². The van der Waals surface area contributed by atoms with Gasteiger partial charge in [0.05, 0.1) is 11.9 Å². The van der Waals surface area contributed by atoms with Gasteiger partial charge in [0, 0.05) is 23.1 Å². The molecule has 1 atom stereocenters. The minimum atomic E-state index is -3.84. The Bertz CT molecular complexity index is 1090. The smallest absolute Gasteiger partial charge is 0.244 e. The van der Waals surface area contributed by atoms with Gasteiger partial charge in [-0.05, 0) is 47.0 Å². The van der Waals surface area contributed by atoms with Crippen molar-refractivity contribution in [1.82, 2.24) is 10.2 Å². The second kappa shape index (κ2) is 11.6. The molecule has 0 aliphatic carbocycles. The van der Waals surface area contributed by atoms with Gasteiger partial charge in [0.2, 0.25) is 21.8 Å². The molecule has 0 heterocycles. The van der Waals surface area contributed by atoms with Gasteiger partial charge in [0.15, 0.2) is 0 Å². The van der Waals surface area contributed by atoms with Gasteiger partial charge in [-0.25, -0.2) is 12.8 Å². The highest BCUT2D eigenvalue weighted by atomic mass is 79.9. The summed E-state index contributed by atoms with van der Waals surface area (Å²) in [6, 6.07) is 11.6. The first kappa shape index (κ1) is 26.8. The van der Waals surface area contributed by atoms with E-state index in [0.29, 0.717) is 11.0 Å². The van der Waals surface area contributed by atoms with Gasteiger partial charge < -0.3 is 10.2 Å². The summed E-state index contributed by atoms with van der Waals surface area (Å²) in [6.45, 7) is 5.10. The second-order valence-electron chi connectivity index (χ2n) is 8.15. The highest BCUT2D eigenvalue weighted by Crippen LogP contribution is 2.28. The molecule has 1 N–H and O–H groups in total. The highest BCUT2D eigenvalue weighted by molar-refractivity contribution is 9.10. The SMILES string of the molecule is CC(C)CNC(=O)C(C)N(Cc1ccccc1F)C(=O)CN(c1ccccc1Br)S(C)(=O)=O. The van der Waals surface area contributed by atoms with Crippen LogP contribution in [0, 0.1) is 11.7 Å². The van der Waals surface area contributed by atoms with Crippen molar-refractivity contribution in [2.24, 2.45) is 5.92 Å². The second-order valence-corrected chi connectivity index (χ2v) is 10.9. The van der Waals surface area contributed by atoms with Crippen LogP contribution in [-0.4, -0.2) is 50.5 Å². The molecule has 2 amide bonds. The van der Waals surface area contributed by atoms with E-state index in [2.05, 4.69) is 21.2 Å². The molecule has 2 aromatic carbocycles. The molecular weight excluding hydrogens is 513 g/mol. The van der Waals surface area contributed by atoms with Gasteiger partial charge >= 0.3 is 0 Å². The minimum Gasteiger partial charge on any atom is -0.354 e. The van der Waals surface area contributed by atoms with E-state index in [9.17, 15) is 22.4 Å². The van der Waals surface area contributed by atoms with Crippen LogP contribution in [0.15, 0.2) is 53.0 Å². The zero-order chi connectivity index (χ0) is 24.8. The summed E-state index contributed by atoms with van der Waals surface area (Å²) in [5, 5.41) is 2.78. The van der Waals surface area contributed by atoms with Crippen molar-refractivity contribution in [1.29, 1.82) is 0 Å². The first-order chi connectivity index (χ1) is 15.4. The van der Waals surface area contributed by atoms with Crippen LogP contribution >= 0.6 is 15.9 Å². The van der Waals surface area contributed by atoms with E-state index in [1.807, 2.05) is 13.8 Å². The number of carbonyl (C=O) groups excluding carboxylic acids is 2. The normalized spacial score (nSPS) is 12.3. The fourth-order valence-electron chi connectivity index (χ4n) is 3.09. The van der Waals surface area contributed by atoms with Gasteiger partial charge in [-0.3, -0.25) is 13.9 Å². The predicted molar refractivity (Wildman–Crippen MR) is 131 cm³/mol. The Hall–Kier alpha value is -2.46. The van der Waals surface area contributed by atoms with Crippen LogP contribution in [0.4, 0.5) is 10.1 Å². The number of rotatable bonds is 10. The maximum absolute atomic E-state index is 14.4. The summed E-state index contributed by atoms with van der Waals surface area (Å²) < 4.78 is 40.9. The molecule has 2 aromatic rings. The summed E-state index contributed by atoms with van der Waals surface area (Å²) in [6.07, 6.45) is 1.000. The summed E-state index contributed by atoms with van der Waals surface area (Å²) >= 11 is 3.32. The molecule has 0 radical (unpaired) electrons. The van der Waals surface area contributed by atoms with Gasteiger partial charge in [0.1, 0.15) is 18.4 Å². The molecular formula is C23H29BrFN3O4S. The third-order valence-electron chi connectivity index (χ3n) is 4.95. The lowest BCUT2D eigenvalue weighted by Gasteiger charge is -2.32. The highest BCUT2D eigenvalue weighted by Gasteiger charge is 2.31. The van der Waals surface area contributed by atoms with E-state index in [4.69, 9.17) is 0 Å². The molecule has 0 fully saturated rings. The van der Waals surface area contributed by atoms with Crippen LogP contribution in [0.3, 0.4) is 0 Å². The Labute approximate surface area is 203 Å². The molecule has 1 unspecified atom stereocenters. The van der Waals surface area contributed by atoms with Gasteiger partial charge in [-0.1, -0.05) is 44.2 Å². The van der Waals surface area contributed by atoms with Crippen LogP contribution in [0.5, 0.6) is 0 Å². The van der Waals surface area contributed by atoms with Crippen LogP contribution in [0.25, 0.3) is 0 Å². The standard InChI is InChI=1S/C23H29BrFN3O4S/c1-16(2)13-26-23(30)17(3)27(14-18-9-5-7-11-20(18)25)22(29)15-28(33(4,31)32)21-12-8-6-10-19(21)24/h5-12,16-17H,13-15H2,1-4H3,(H,26,30). The molecule has 2 rings (SSSR count). The fourth-order valence-corrected chi connectivity index (χ4v) is 4.57. The maximum atomic E-state index is 14.4. The number of hydrogen-bond donors (Lipinski definition) is 1. The van der Waals surface area contributed by atoms with Crippen LogP contribution in [0.1, 0.15) is 26.3 Å². The predicted octanol–water partition coefficient (Wildman–Crippen LogP) is 3.54. The number of amides is 2. The monoisotopic (exact) mass is 541 g/mol. The number of halogens is 2. The first-order valence-corrected chi connectivity index (χ1v) is 13.1. The molecule has 0 spiro atoms. The van der Waals surface area contributed by atoms with Crippen molar-refractivity contribution in [2.45, 2.75) is 33.4 Å². The number of nitrogens with zero attached hydrogens (tertiary/aromatic N) is 2. The van der Waals surface area contributed by atoms with Crippen LogP contribution in [0.2, 0.25) is 0 Å². The average Bonchev–Trinajstić information content (AvgIpc) is 2.74. The summed E-state index contributed by atoms with van der Waals surface area (Å²) in [5.74, 6) is -1.35. The molecule has 0 bridgehead atoms. The lowest BCUT2D eigenvalue weighted by Crippen LogP contribution is -2.51. The van der Waals surface area contributed by atoms with Gasteiger partial charge in [-0.2, -0.15) is 0 Å². The lowest BCUT2D eigenvalue weighted by atomic mass is 10.1. The third-order valence-corrected chi connectivity index (χ3v) is 6.75. The maximum Gasteiger partial charge on any atom is 0.244 e. The van der Waals surface area contributed by atoms with E-state index in [1.54, 1.807) is 30.3 Å². The Morgan fingerprint density at radius 2 is 1.67 bits per heavy atom. The van der Waals surface area contributed by atoms with Crippen molar-refractivity contribution in [2.75, 3.05) is 23.7 Å². The Balaban J connectivity index is 2.39. The summed E-state index contributed by atoms with van der Waals surface area (Å²) in [4.78, 5) is 27.3. The van der Waals surface area contributed by atoms with E-state index < -0.39 is 40.2 Å². The number of anilines is 1. The average molecular weight is 542 g/mol. The molecule has 7 nitrogen and oxygen atoms in total. The summed E-state index contributed by atoms with van der Waals surface area (Å²) in [7, 11) is -3.84. The van der Waals surface area contributed by atoms with Crippen molar-refractivity contribution in [3.63, 3.8) is 0 Å². The number of para-hydroxylation sites is 1. The molecule has 10 heteroatoms. The number of sulfonamides is 1. The van der Waals surface area contributed by atoms with E-state index in [0.717, 1.165) is 10.6 Å². The molecule has 0 aliphatic rings. The molecule has 0 saturated carbocycles. The summed E-state index contributed by atoms with van der Waals surface area (Å²) in [5.41, 5.74) is 0.511. The molecule has 180 valence electrons. The number of benzene rings is 2. The van der Waals surface area contributed by atoms with Gasteiger partial charge in [-0.15, -0.1) is 0 Å². The van der Waals surface area contributed by atoms with E-state index in [1.165, 1.54) is 30.0 Å². The zero-order valence-electron chi connectivity index (χ0n) is 19.1. The number of carbonyl (C=O) groups is 2. The largest absolute Gasteiger partial charge is 0.354 e. The third kappa shape index (κ3) is 7.53. The van der Waals surface area contributed by atoms with Crippen LogP contribution < -0.4 is 9.62 Å². The number of hydrogen-bond acceptors (Lipinski definition) is 4. The first-order valence-electron chi connectivity index (χ1n) is 10.4. The Morgan fingerprint density at radius 3 is 2.24 bits per heavy atom. The quantitative estimate of drug-likeness (QED) is 0.498. The topological polar surface area (TPSA) is 86.8 Å². The van der Waals surface area contributed by atoms with Gasteiger partial charge in [0.25, 0.3) is 0 Å². The van der Waals surface area contributed by atoms with E-state index >= 15 is 0 Å². The van der Waals surface area contributed by atoms with E-state index in [-0.39, 0.29) is 23.7 Å². The lowest BCUT2D eigenvalue weighted by molar-refractivity contribution is -0.139. The zero-order valence-corrected chi connectivity index (χ0v) is 21.5. The molecule has 33 heavy (non-hydrogen) atoms. The number of nitrogens with one attached hydrogen (secondary N) is 1. The van der Waals surface area contributed by atoms with Crippen molar-refractivity contribution < 1.29 is 22.4 Å².